The average molecular weight is 325 g/mol. The van der Waals surface area contributed by atoms with E-state index in [0.717, 1.165) is 45.1 Å². The molecule has 1 amide bonds. The molecule has 3 aliphatic rings. The Balaban J connectivity index is 1.50. The molecule has 1 saturated carbocycles. The van der Waals surface area contributed by atoms with E-state index in [1.165, 1.54) is 0 Å². The first-order chi connectivity index (χ1) is 11.2. The van der Waals surface area contributed by atoms with Crippen molar-refractivity contribution in [3.63, 3.8) is 0 Å². The van der Waals surface area contributed by atoms with E-state index >= 15 is 0 Å². The minimum atomic E-state index is -0.868. The number of aliphatic carboxylic acids is 1. The van der Waals surface area contributed by atoms with Crippen molar-refractivity contribution in [1.29, 1.82) is 0 Å². The van der Waals surface area contributed by atoms with Crippen LogP contribution in [0.5, 0.6) is 0 Å². The van der Waals surface area contributed by atoms with Crippen molar-refractivity contribution in [2.45, 2.75) is 69.6 Å². The molecule has 0 unspecified atom stereocenters. The maximum absolute atomic E-state index is 12.6. The van der Waals surface area contributed by atoms with Gasteiger partial charge in [0.05, 0.1) is 25.7 Å². The predicted molar refractivity (Wildman–Crippen MR) is 83.0 cm³/mol. The topological polar surface area (TPSA) is 76.1 Å². The number of likely N-dealkylation sites (tertiary alicyclic amines) is 1. The highest BCUT2D eigenvalue weighted by Crippen LogP contribution is 2.40. The zero-order chi connectivity index (χ0) is 16.2. The number of carbonyl (C=O) groups is 2. The second-order valence-electron chi connectivity index (χ2n) is 6.96. The molecule has 0 radical (unpaired) electrons. The van der Waals surface area contributed by atoms with Gasteiger partial charge in [0.15, 0.2) is 0 Å². The minimum Gasteiger partial charge on any atom is -0.480 e. The van der Waals surface area contributed by atoms with Crippen LogP contribution in [0, 0.1) is 5.92 Å². The second kappa shape index (κ2) is 7.62. The highest BCUT2D eigenvalue weighted by Gasteiger charge is 2.47. The van der Waals surface area contributed by atoms with Crippen molar-refractivity contribution in [3.8, 4) is 0 Å². The number of amides is 1. The Morgan fingerprint density at radius 1 is 1.17 bits per heavy atom. The normalized spacial score (nSPS) is 33.7. The van der Waals surface area contributed by atoms with E-state index < -0.39 is 12.0 Å². The first kappa shape index (κ1) is 16.7. The van der Waals surface area contributed by atoms with Crippen LogP contribution in [0.25, 0.3) is 0 Å². The summed E-state index contributed by atoms with van der Waals surface area (Å²) in [6.45, 7) is 1.67. The number of fused-ring (bicyclic) bond motifs is 1. The van der Waals surface area contributed by atoms with Crippen LogP contribution in [-0.2, 0) is 19.1 Å². The third-order valence-electron chi connectivity index (χ3n) is 5.45. The highest BCUT2D eigenvalue weighted by atomic mass is 16.5. The lowest BCUT2D eigenvalue weighted by atomic mass is 9.84. The van der Waals surface area contributed by atoms with E-state index in [9.17, 15) is 14.7 Å². The highest BCUT2D eigenvalue weighted by molar-refractivity contribution is 5.84. The monoisotopic (exact) mass is 325 g/mol. The predicted octanol–water partition coefficient (Wildman–Crippen LogP) is 1.82. The van der Waals surface area contributed by atoms with Crippen LogP contribution in [0.1, 0.15) is 51.4 Å². The number of nitrogens with zero attached hydrogens (tertiary/aromatic N) is 1. The largest absolute Gasteiger partial charge is 0.480 e. The molecule has 0 spiro atoms. The van der Waals surface area contributed by atoms with Crippen LogP contribution < -0.4 is 0 Å². The molecule has 3 fully saturated rings. The number of carboxylic acids is 1. The molecular formula is C17H27NO5. The molecule has 0 aromatic rings. The molecule has 6 nitrogen and oxygen atoms in total. The van der Waals surface area contributed by atoms with Gasteiger partial charge in [-0.05, 0) is 38.0 Å². The molecule has 2 heterocycles. The smallest absolute Gasteiger partial charge is 0.326 e. The van der Waals surface area contributed by atoms with Crippen LogP contribution >= 0.6 is 0 Å². The van der Waals surface area contributed by atoms with E-state index in [1.807, 2.05) is 0 Å². The fourth-order valence-corrected chi connectivity index (χ4v) is 4.32. The van der Waals surface area contributed by atoms with Crippen molar-refractivity contribution < 1.29 is 24.2 Å². The Morgan fingerprint density at radius 2 is 2.00 bits per heavy atom. The van der Waals surface area contributed by atoms with Crippen molar-refractivity contribution in [3.05, 3.63) is 0 Å². The maximum atomic E-state index is 12.6. The quantitative estimate of drug-likeness (QED) is 0.754. The third kappa shape index (κ3) is 3.86. The first-order valence-electron chi connectivity index (χ1n) is 8.90. The Labute approximate surface area is 137 Å². The van der Waals surface area contributed by atoms with Crippen LogP contribution in [0.4, 0.5) is 0 Å². The Bertz CT molecular complexity index is 435. The molecule has 0 bridgehead atoms. The Morgan fingerprint density at radius 3 is 2.74 bits per heavy atom. The zero-order valence-electron chi connectivity index (χ0n) is 13.6. The van der Waals surface area contributed by atoms with Gasteiger partial charge in [-0.15, -0.1) is 0 Å². The summed E-state index contributed by atoms with van der Waals surface area (Å²) in [5.41, 5.74) is 0. The molecule has 0 aromatic carbocycles. The van der Waals surface area contributed by atoms with Crippen molar-refractivity contribution in [2.75, 3.05) is 19.8 Å². The number of hydrogen-bond acceptors (Lipinski definition) is 4. The average Bonchev–Trinajstić information content (AvgIpc) is 3.18. The second-order valence-corrected chi connectivity index (χ2v) is 6.96. The molecule has 2 aliphatic heterocycles. The van der Waals surface area contributed by atoms with Gasteiger partial charge < -0.3 is 19.5 Å². The summed E-state index contributed by atoms with van der Waals surface area (Å²) in [5.74, 6) is -0.575. The fourth-order valence-electron chi connectivity index (χ4n) is 4.32. The number of carboxylic acid groups (broad SMARTS) is 1. The lowest BCUT2D eigenvalue weighted by Crippen LogP contribution is -2.46. The molecule has 23 heavy (non-hydrogen) atoms. The molecule has 4 atom stereocenters. The number of hydrogen-bond donors (Lipinski definition) is 1. The minimum absolute atomic E-state index is 0.0702. The molecule has 3 rings (SSSR count). The molecule has 6 heteroatoms. The summed E-state index contributed by atoms with van der Waals surface area (Å²) < 4.78 is 11.0. The van der Waals surface area contributed by atoms with E-state index in [1.54, 1.807) is 4.90 Å². The summed E-state index contributed by atoms with van der Waals surface area (Å²) in [6.07, 6.45) is 7.36. The molecule has 130 valence electrons. The zero-order valence-corrected chi connectivity index (χ0v) is 13.6. The van der Waals surface area contributed by atoms with Gasteiger partial charge in [0.25, 0.3) is 0 Å². The number of carbonyl (C=O) groups excluding carboxylic acids is 1. The van der Waals surface area contributed by atoms with Gasteiger partial charge in [0, 0.05) is 12.6 Å². The summed E-state index contributed by atoms with van der Waals surface area (Å²) in [6, 6.07) is -0.524. The van der Waals surface area contributed by atoms with E-state index in [4.69, 9.17) is 9.47 Å². The van der Waals surface area contributed by atoms with E-state index in [2.05, 4.69) is 0 Å². The van der Waals surface area contributed by atoms with Crippen molar-refractivity contribution in [2.24, 2.45) is 5.92 Å². The van der Waals surface area contributed by atoms with Gasteiger partial charge in [-0.2, -0.15) is 0 Å². The molecule has 0 aromatic heterocycles. The first-order valence-corrected chi connectivity index (χ1v) is 8.90. The lowest BCUT2D eigenvalue weighted by Gasteiger charge is -2.33. The number of ether oxygens (including phenoxy) is 2. The van der Waals surface area contributed by atoms with E-state index in [-0.39, 0.29) is 24.5 Å². The summed E-state index contributed by atoms with van der Waals surface area (Å²) >= 11 is 0. The van der Waals surface area contributed by atoms with Gasteiger partial charge >= 0.3 is 5.97 Å². The van der Waals surface area contributed by atoms with E-state index in [0.29, 0.717) is 25.6 Å². The van der Waals surface area contributed by atoms with Crippen molar-refractivity contribution in [1.82, 2.24) is 4.90 Å². The summed E-state index contributed by atoms with van der Waals surface area (Å²) in [5, 5.41) is 9.45. The molecule has 1 aliphatic carbocycles. The lowest BCUT2D eigenvalue weighted by molar-refractivity contribution is -0.150. The van der Waals surface area contributed by atoms with Crippen LogP contribution in [0.15, 0.2) is 0 Å². The SMILES string of the molecule is O=C(O)[C@@H]1C[C@@H]2CCCC[C@H]2N1C(=O)CCOC[C@@H]1CCCO1. The maximum Gasteiger partial charge on any atom is 0.326 e. The Kier molecular flexibility index (Phi) is 5.54. The standard InChI is InChI=1S/C17H27NO5/c19-16(7-9-22-11-13-5-3-8-23-13)18-14-6-2-1-4-12(14)10-15(18)17(20)21/h12-15H,1-11H2,(H,20,21)/t12-,13-,14+,15-/m0/s1. The van der Waals surface area contributed by atoms with Crippen molar-refractivity contribution >= 4 is 11.9 Å². The molecule has 2 saturated heterocycles. The summed E-state index contributed by atoms with van der Waals surface area (Å²) in [7, 11) is 0. The van der Waals surface area contributed by atoms with Gasteiger partial charge in [-0.3, -0.25) is 4.79 Å². The molecular weight excluding hydrogens is 298 g/mol. The third-order valence-corrected chi connectivity index (χ3v) is 5.45. The van der Waals surface area contributed by atoms with Gasteiger partial charge in [-0.1, -0.05) is 12.8 Å². The summed E-state index contributed by atoms with van der Waals surface area (Å²) in [4.78, 5) is 25.7. The fraction of sp³-hybridized carbons (Fsp3) is 0.882. The van der Waals surface area contributed by atoms with Gasteiger partial charge in [-0.25, -0.2) is 4.79 Å². The van der Waals surface area contributed by atoms with Crippen LogP contribution in [0.3, 0.4) is 0 Å². The van der Waals surface area contributed by atoms with Gasteiger partial charge in [0.1, 0.15) is 6.04 Å². The van der Waals surface area contributed by atoms with Gasteiger partial charge in [0.2, 0.25) is 5.91 Å². The Hall–Kier alpha value is -1.14. The molecule has 1 N–H and O–H groups in total. The van der Waals surface area contributed by atoms with Crippen LogP contribution in [0.2, 0.25) is 0 Å². The van der Waals surface area contributed by atoms with Crippen LogP contribution in [-0.4, -0.2) is 59.9 Å². The number of rotatable bonds is 6.